The molecule has 3 aromatic carbocycles. The fourth-order valence-electron chi connectivity index (χ4n) is 3.86. The number of ether oxygens (including phenoxy) is 1. The fraction of sp³-hybridized carbons (Fsp3) is 0.185. The summed E-state index contributed by atoms with van der Waals surface area (Å²) >= 11 is 3.48. The van der Waals surface area contributed by atoms with Crippen molar-refractivity contribution >= 4 is 45.7 Å². The molecular weight excluding hydrogens is 537 g/mol. The molecule has 0 saturated carbocycles. The summed E-state index contributed by atoms with van der Waals surface area (Å²) in [6.45, 7) is 1.90. The standard InChI is InChI=1S/C27H25BrFN7O/c28-21-12-13-24(37-18-19-8-4-5-11-23(19)29)20(16-21)17-30-35-26-32-25(31-22-9-2-1-3-10-22)33-27(34-26)36-14-6-7-15-36/h1-5,8-13,16-17H,6-7,14-15,18H2,(H2,31,32,33,34,35)/b30-17-. The summed E-state index contributed by atoms with van der Waals surface area (Å²) < 4.78 is 20.8. The molecule has 4 aromatic rings. The highest BCUT2D eigenvalue weighted by Gasteiger charge is 2.17. The monoisotopic (exact) mass is 561 g/mol. The molecule has 1 fully saturated rings. The van der Waals surface area contributed by atoms with Crippen molar-refractivity contribution in [1.82, 2.24) is 15.0 Å². The first-order valence-electron chi connectivity index (χ1n) is 11.9. The van der Waals surface area contributed by atoms with Crippen LogP contribution in [-0.2, 0) is 6.61 Å². The second kappa shape index (κ2) is 11.8. The lowest BCUT2D eigenvalue weighted by molar-refractivity contribution is 0.299. The van der Waals surface area contributed by atoms with Crippen molar-refractivity contribution in [2.45, 2.75) is 19.4 Å². The highest BCUT2D eigenvalue weighted by Crippen LogP contribution is 2.24. The van der Waals surface area contributed by atoms with Gasteiger partial charge in [-0.05, 0) is 49.2 Å². The van der Waals surface area contributed by atoms with Gasteiger partial charge < -0.3 is 15.0 Å². The van der Waals surface area contributed by atoms with Crippen molar-refractivity contribution in [3.05, 3.63) is 94.2 Å². The van der Waals surface area contributed by atoms with Gasteiger partial charge in [-0.25, -0.2) is 9.82 Å². The first kappa shape index (κ1) is 24.6. The zero-order chi connectivity index (χ0) is 25.5. The van der Waals surface area contributed by atoms with E-state index >= 15 is 0 Å². The van der Waals surface area contributed by atoms with Crippen molar-refractivity contribution < 1.29 is 9.13 Å². The number of rotatable bonds is 9. The molecule has 2 heterocycles. The van der Waals surface area contributed by atoms with Gasteiger partial charge >= 0.3 is 0 Å². The molecule has 10 heteroatoms. The number of halogens is 2. The van der Waals surface area contributed by atoms with Gasteiger partial charge in [-0.3, -0.25) is 0 Å². The lowest BCUT2D eigenvalue weighted by Crippen LogP contribution is -2.21. The molecule has 5 rings (SSSR count). The number of anilines is 4. The van der Waals surface area contributed by atoms with Crippen LogP contribution in [0.2, 0.25) is 0 Å². The quantitative estimate of drug-likeness (QED) is 0.187. The minimum absolute atomic E-state index is 0.101. The van der Waals surface area contributed by atoms with Crippen LogP contribution in [0.15, 0.2) is 82.4 Å². The van der Waals surface area contributed by atoms with Crippen LogP contribution in [0.3, 0.4) is 0 Å². The molecule has 1 aromatic heterocycles. The third-order valence-corrected chi connectivity index (χ3v) is 6.22. The highest BCUT2D eigenvalue weighted by molar-refractivity contribution is 9.10. The predicted molar refractivity (Wildman–Crippen MR) is 147 cm³/mol. The summed E-state index contributed by atoms with van der Waals surface area (Å²) in [4.78, 5) is 15.8. The van der Waals surface area contributed by atoms with E-state index in [1.54, 1.807) is 24.4 Å². The molecule has 188 valence electrons. The highest BCUT2D eigenvalue weighted by atomic mass is 79.9. The van der Waals surface area contributed by atoms with Crippen LogP contribution >= 0.6 is 15.9 Å². The predicted octanol–water partition coefficient (Wildman–Crippen LogP) is 6.14. The summed E-state index contributed by atoms with van der Waals surface area (Å²) in [5.41, 5.74) is 4.98. The van der Waals surface area contributed by atoms with Crippen molar-refractivity contribution in [2.75, 3.05) is 28.7 Å². The van der Waals surface area contributed by atoms with E-state index in [1.807, 2.05) is 48.5 Å². The van der Waals surface area contributed by atoms with E-state index in [9.17, 15) is 4.39 Å². The molecule has 2 N–H and O–H groups in total. The fourth-order valence-corrected chi connectivity index (χ4v) is 4.24. The largest absolute Gasteiger partial charge is 0.488 e. The summed E-state index contributed by atoms with van der Waals surface area (Å²) in [6, 6.07) is 21.8. The van der Waals surface area contributed by atoms with E-state index < -0.39 is 0 Å². The maximum absolute atomic E-state index is 14.0. The second-order valence-electron chi connectivity index (χ2n) is 8.40. The average molecular weight is 562 g/mol. The Morgan fingerprint density at radius 2 is 1.70 bits per heavy atom. The number of para-hydroxylation sites is 1. The Bertz CT molecular complexity index is 1380. The SMILES string of the molecule is Fc1ccccc1COc1ccc(Br)cc1/C=N\Nc1nc(Nc2ccccc2)nc(N2CCCC2)n1. The van der Waals surface area contributed by atoms with Crippen molar-refractivity contribution in [2.24, 2.45) is 5.10 Å². The van der Waals surface area contributed by atoms with E-state index in [4.69, 9.17) is 4.74 Å². The van der Waals surface area contributed by atoms with Crippen LogP contribution in [0.4, 0.5) is 27.9 Å². The number of nitrogens with zero attached hydrogens (tertiary/aromatic N) is 5. The smallest absolute Gasteiger partial charge is 0.250 e. The normalized spacial score (nSPS) is 13.2. The van der Waals surface area contributed by atoms with Gasteiger partial charge in [0.2, 0.25) is 17.8 Å². The first-order valence-corrected chi connectivity index (χ1v) is 12.7. The van der Waals surface area contributed by atoms with E-state index in [1.165, 1.54) is 6.07 Å². The molecule has 0 unspecified atom stereocenters. The van der Waals surface area contributed by atoms with E-state index in [-0.39, 0.29) is 12.4 Å². The minimum atomic E-state index is -0.306. The number of nitrogens with one attached hydrogen (secondary N) is 2. The maximum Gasteiger partial charge on any atom is 0.250 e. The van der Waals surface area contributed by atoms with Crippen LogP contribution in [0, 0.1) is 5.82 Å². The van der Waals surface area contributed by atoms with Crippen LogP contribution in [-0.4, -0.2) is 34.3 Å². The number of hydrogen-bond donors (Lipinski definition) is 2. The van der Waals surface area contributed by atoms with E-state index in [0.29, 0.717) is 34.7 Å². The summed E-state index contributed by atoms with van der Waals surface area (Å²) in [5, 5.41) is 7.59. The first-order chi connectivity index (χ1) is 18.1. The van der Waals surface area contributed by atoms with Gasteiger partial charge in [0.1, 0.15) is 18.2 Å². The van der Waals surface area contributed by atoms with E-state index in [0.717, 1.165) is 36.1 Å². The Morgan fingerprint density at radius 1 is 0.946 bits per heavy atom. The Balaban J connectivity index is 1.34. The molecule has 37 heavy (non-hydrogen) atoms. The second-order valence-corrected chi connectivity index (χ2v) is 9.32. The molecule has 0 amide bonds. The number of hydrogen-bond acceptors (Lipinski definition) is 8. The molecule has 1 aliphatic rings. The van der Waals surface area contributed by atoms with Crippen LogP contribution in [0.25, 0.3) is 0 Å². The van der Waals surface area contributed by atoms with Gasteiger partial charge in [0.25, 0.3) is 0 Å². The number of benzene rings is 3. The van der Waals surface area contributed by atoms with Gasteiger partial charge in [0.15, 0.2) is 0 Å². The maximum atomic E-state index is 14.0. The molecule has 8 nitrogen and oxygen atoms in total. The molecule has 0 bridgehead atoms. The summed E-state index contributed by atoms with van der Waals surface area (Å²) in [6.07, 6.45) is 3.82. The number of aromatic nitrogens is 3. The van der Waals surface area contributed by atoms with Crippen LogP contribution in [0.5, 0.6) is 5.75 Å². The Morgan fingerprint density at radius 3 is 2.51 bits per heavy atom. The van der Waals surface area contributed by atoms with Gasteiger partial charge in [0.05, 0.1) is 6.21 Å². The Labute approximate surface area is 222 Å². The zero-order valence-electron chi connectivity index (χ0n) is 19.9. The summed E-state index contributed by atoms with van der Waals surface area (Å²) in [5.74, 6) is 1.60. The minimum Gasteiger partial charge on any atom is -0.488 e. The van der Waals surface area contributed by atoms with Gasteiger partial charge in [-0.1, -0.05) is 52.3 Å². The Hall–Kier alpha value is -4.05. The molecule has 0 atom stereocenters. The third-order valence-electron chi connectivity index (χ3n) is 5.72. The molecule has 0 radical (unpaired) electrons. The number of hydrazone groups is 1. The molecule has 1 aliphatic heterocycles. The molecule has 0 aliphatic carbocycles. The lowest BCUT2D eigenvalue weighted by atomic mass is 10.2. The van der Waals surface area contributed by atoms with Gasteiger partial charge in [-0.15, -0.1) is 0 Å². The zero-order valence-corrected chi connectivity index (χ0v) is 21.5. The van der Waals surface area contributed by atoms with E-state index in [2.05, 4.69) is 51.6 Å². The summed E-state index contributed by atoms with van der Waals surface area (Å²) in [7, 11) is 0. The van der Waals surface area contributed by atoms with Crippen LogP contribution < -0.4 is 20.4 Å². The third kappa shape index (κ3) is 6.59. The molecular formula is C27H25BrFN7O. The van der Waals surface area contributed by atoms with Crippen molar-refractivity contribution in [3.8, 4) is 5.75 Å². The van der Waals surface area contributed by atoms with Gasteiger partial charge in [-0.2, -0.15) is 20.1 Å². The average Bonchev–Trinajstić information content (AvgIpc) is 3.45. The Kier molecular flexibility index (Phi) is 7.85. The van der Waals surface area contributed by atoms with Crippen LogP contribution in [0.1, 0.15) is 24.0 Å². The lowest BCUT2D eigenvalue weighted by Gasteiger charge is -2.16. The van der Waals surface area contributed by atoms with Gasteiger partial charge in [0, 0.05) is 34.4 Å². The topological polar surface area (TPSA) is 87.6 Å². The van der Waals surface area contributed by atoms with Crippen molar-refractivity contribution in [3.63, 3.8) is 0 Å². The molecule has 1 saturated heterocycles. The molecule has 0 spiro atoms. The van der Waals surface area contributed by atoms with Crippen molar-refractivity contribution in [1.29, 1.82) is 0 Å².